The smallest absolute Gasteiger partial charge is 0.232 e. The van der Waals surface area contributed by atoms with Gasteiger partial charge in [0.15, 0.2) is 5.82 Å². The molecular weight excluding hydrogens is 268 g/mol. The molecule has 21 heavy (non-hydrogen) atoms. The molecule has 0 saturated carbocycles. The lowest BCUT2D eigenvalue weighted by Crippen LogP contribution is -2.01. The molecule has 0 aromatic carbocycles. The van der Waals surface area contributed by atoms with E-state index in [9.17, 15) is 0 Å². The number of pyridine rings is 1. The van der Waals surface area contributed by atoms with Crippen LogP contribution in [0.1, 0.15) is 35.4 Å². The van der Waals surface area contributed by atoms with Gasteiger partial charge in [-0.1, -0.05) is 11.2 Å². The maximum Gasteiger partial charge on any atom is 0.232 e. The molecule has 0 aliphatic carbocycles. The van der Waals surface area contributed by atoms with Crippen LogP contribution in [0.2, 0.25) is 0 Å². The summed E-state index contributed by atoms with van der Waals surface area (Å²) in [4.78, 5) is 9.06. The van der Waals surface area contributed by atoms with Crippen LogP contribution in [-0.4, -0.2) is 32.7 Å². The maximum atomic E-state index is 5.40. The van der Waals surface area contributed by atoms with E-state index in [1.165, 1.54) is 0 Å². The number of hydrogen-bond donors (Lipinski definition) is 0. The van der Waals surface area contributed by atoms with Crippen LogP contribution in [0, 0.1) is 6.92 Å². The summed E-state index contributed by atoms with van der Waals surface area (Å²) in [6.07, 6.45) is 3.57. The number of nitrogens with zero attached hydrogens (tertiary/aromatic N) is 4. The molecule has 3 aromatic rings. The Balaban J connectivity index is 1.64. The molecular formula is C15H16N4O2. The van der Waals surface area contributed by atoms with Gasteiger partial charge in [0.05, 0.1) is 24.4 Å². The van der Waals surface area contributed by atoms with Crippen molar-refractivity contribution in [2.75, 3.05) is 13.2 Å². The summed E-state index contributed by atoms with van der Waals surface area (Å²) in [7, 11) is 0. The lowest BCUT2D eigenvalue weighted by Gasteiger charge is -1.99. The van der Waals surface area contributed by atoms with Crippen molar-refractivity contribution in [2.24, 2.45) is 0 Å². The van der Waals surface area contributed by atoms with E-state index in [2.05, 4.69) is 19.5 Å². The fraction of sp³-hybridized carbons (Fsp3) is 0.400. The third-order valence-electron chi connectivity index (χ3n) is 3.93. The zero-order chi connectivity index (χ0) is 14.2. The van der Waals surface area contributed by atoms with Gasteiger partial charge in [0.25, 0.3) is 0 Å². The fourth-order valence-corrected chi connectivity index (χ4v) is 2.76. The molecule has 0 radical (unpaired) electrons. The molecule has 6 heteroatoms. The van der Waals surface area contributed by atoms with Gasteiger partial charge in [-0.15, -0.1) is 0 Å². The Hall–Kier alpha value is -2.21. The molecule has 0 bridgehead atoms. The molecule has 0 amide bonds. The Labute approximate surface area is 121 Å². The molecule has 4 rings (SSSR count). The van der Waals surface area contributed by atoms with Crippen LogP contribution >= 0.6 is 0 Å². The number of fused-ring (bicyclic) bond motifs is 1. The lowest BCUT2D eigenvalue weighted by atomic mass is 10.1. The van der Waals surface area contributed by atoms with Crippen LogP contribution in [-0.2, 0) is 11.2 Å². The molecule has 1 atom stereocenters. The van der Waals surface area contributed by atoms with E-state index >= 15 is 0 Å². The Morgan fingerprint density at radius 1 is 1.33 bits per heavy atom. The molecule has 1 fully saturated rings. The second-order valence-corrected chi connectivity index (χ2v) is 5.36. The summed E-state index contributed by atoms with van der Waals surface area (Å²) in [5, 5.41) is 4.09. The largest absolute Gasteiger partial charge is 0.381 e. The normalized spacial score (nSPS) is 18.6. The SMILES string of the molecule is Cc1nc2ccccn2c1Cc1nc([C@H]2CCOC2)no1. The van der Waals surface area contributed by atoms with Crippen molar-refractivity contribution in [3.63, 3.8) is 0 Å². The predicted molar refractivity (Wildman–Crippen MR) is 75.2 cm³/mol. The van der Waals surface area contributed by atoms with Crippen LogP contribution in [0.5, 0.6) is 0 Å². The van der Waals surface area contributed by atoms with Gasteiger partial charge in [0, 0.05) is 18.7 Å². The van der Waals surface area contributed by atoms with Crippen molar-refractivity contribution in [3.05, 3.63) is 47.5 Å². The molecule has 1 saturated heterocycles. The number of aromatic nitrogens is 4. The van der Waals surface area contributed by atoms with Crippen LogP contribution in [0.3, 0.4) is 0 Å². The first-order valence-electron chi connectivity index (χ1n) is 7.14. The van der Waals surface area contributed by atoms with Crippen molar-refractivity contribution >= 4 is 5.65 Å². The molecule has 0 N–H and O–H groups in total. The molecule has 1 aliphatic heterocycles. The third kappa shape index (κ3) is 2.21. The molecule has 108 valence electrons. The number of rotatable bonds is 3. The first-order chi connectivity index (χ1) is 10.3. The Bertz CT molecular complexity index is 771. The van der Waals surface area contributed by atoms with Crippen molar-refractivity contribution in [1.82, 2.24) is 19.5 Å². The number of imidazole rings is 1. The van der Waals surface area contributed by atoms with E-state index in [-0.39, 0.29) is 5.92 Å². The summed E-state index contributed by atoms with van der Waals surface area (Å²) in [6, 6.07) is 5.97. The summed E-state index contributed by atoms with van der Waals surface area (Å²) in [5.41, 5.74) is 3.02. The molecule has 6 nitrogen and oxygen atoms in total. The second-order valence-electron chi connectivity index (χ2n) is 5.36. The highest BCUT2D eigenvalue weighted by atomic mass is 16.5. The highest BCUT2D eigenvalue weighted by Crippen LogP contribution is 2.23. The van der Waals surface area contributed by atoms with Gasteiger partial charge in [-0.25, -0.2) is 4.98 Å². The second kappa shape index (κ2) is 4.96. The van der Waals surface area contributed by atoms with E-state index < -0.39 is 0 Å². The van der Waals surface area contributed by atoms with Crippen LogP contribution in [0.15, 0.2) is 28.9 Å². The summed E-state index contributed by atoms with van der Waals surface area (Å²) in [6.45, 7) is 3.47. The molecule has 4 heterocycles. The van der Waals surface area contributed by atoms with E-state index in [0.717, 1.165) is 35.9 Å². The van der Waals surface area contributed by atoms with Gasteiger partial charge in [0.1, 0.15) is 5.65 Å². The summed E-state index contributed by atoms with van der Waals surface area (Å²) in [5.74, 6) is 1.66. The fourth-order valence-electron chi connectivity index (χ4n) is 2.76. The number of hydrogen-bond acceptors (Lipinski definition) is 5. The average Bonchev–Trinajstić information content (AvgIpc) is 3.20. The minimum absolute atomic E-state index is 0.269. The lowest BCUT2D eigenvalue weighted by molar-refractivity contribution is 0.192. The third-order valence-corrected chi connectivity index (χ3v) is 3.93. The van der Waals surface area contributed by atoms with Gasteiger partial charge in [-0.3, -0.25) is 0 Å². The first kappa shape index (κ1) is 12.5. The average molecular weight is 284 g/mol. The van der Waals surface area contributed by atoms with Gasteiger partial charge in [0.2, 0.25) is 5.89 Å². The molecule has 1 aliphatic rings. The minimum atomic E-state index is 0.269. The van der Waals surface area contributed by atoms with E-state index in [1.807, 2.05) is 31.3 Å². The van der Waals surface area contributed by atoms with Crippen molar-refractivity contribution in [3.8, 4) is 0 Å². The maximum absolute atomic E-state index is 5.40. The summed E-state index contributed by atoms with van der Waals surface area (Å²) < 4.78 is 12.8. The highest BCUT2D eigenvalue weighted by molar-refractivity contribution is 5.43. The zero-order valence-corrected chi connectivity index (χ0v) is 11.8. The standard InChI is InChI=1S/C15H16N4O2/c1-10-12(19-6-3-2-4-13(19)16-10)8-14-17-15(18-21-14)11-5-7-20-9-11/h2-4,6,11H,5,7-9H2,1H3/t11-/m0/s1. The molecule has 3 aromatic heterocycles. The van der Waals surface area contributed by atoms with Crippen LogP contribution in [0.4, 0.5) is 0 Å². The molecule has 0 unspecified atom stereocenters. The van der Waals surface area contributed by atoms with Gasteiger partial charge >= 0.3 is 0 Å². The van der Waals surface area contributed by atoms with Crippen LogP contribution < -0.4 is 0 Å². The van der Waals surface area contributed by atoms with Crippen LogP contribution in [0.25, 0.3) is 5.65 Å². The van der Waals surface area contributed by atoms with E-state index in [0.29, 0.717) is 18.9 Å². The Morgan fingerprint density at radius 3 is 3.14 bits per heavy atom. The zero-order valence-electron chi connectivity index (χ0n) is 11.8. The Kier molecular flexibility index (Phi) is 2.96. The van der Waals surface area contributed by atoms with Gasteiger partial charge in [-0.05, 0) is 25.5 Å². The minimum Gasteiger partial charge on any atom is -0.381 e. The topological polar surface area (TPSA) is 65.5 Å². The molecule has 0 spiro atoms. The van der Waals surface area contributed by atoms with Crippen molar-refractivity contribution in [2.45, 2.75) is 25.7 Å². The Morgan fingerprint density at radius 2 is 2.29 bits per heavy atom. The monoisotopic (exact) mass is 284 g/mol. The van der Waals surface area contributed by atoms with Crippen molar-refractivity contribution < 1.29 is 9.26 Å². The first-order valence-corrected chi connectivity index (χ1v) is 7.14. The van der Waals surface area contributed by atoms with E-state index in [1.54, 1.807) is 0 Å². The van der Waals surface area contributed by atoms with Gasteiger partial charge in [-0.2, -0.15) is 4.98 Å². The van der Waals surface area contributed by atoms with E-state index in [4.69, 9.17) is 9.26 Å². The quantitative estimate of drug-likeness (QED) is 0.737. The predicted octanol–water partition coefficient (Wildman–Crippen LogP) is 2.12. The summed E-state index contributed by atoms with van der Waals surface area (Å²) >= 11 is 0. The van der Waals surface area contributed by atoms with Crippen molar-refractivity contribution in [1.29, 1.82) is 0 Å². The number of ether oxygens (including phenoxy) is 1. The number of aryl methyl sites for hydroxylation is 1. The highest BCUT2D eigenvalue weighted by Gasteiger charge is 2.23. The van der Waals surface area contributed by atoms with Gasteiger partial charge < -0.3 is 13.7 Å².